The standard InChI is InChI=1S/C14H17F2N3O2/c1-8(11-5-2-9(15)6-12(11)16)17-7-13(20)19-14(21)18-10-3-4-10/h2,5-6,8,10,17H,3-4,7H2,1H3,(H2,18,19,20,21)/p+1/t8-/m1/s1. The molecule has 0 unspecified atom stereocenters. The van der Waals surface area contributed by atoms with Gasteiger partial charge in [0.05, 0.1) is 0 Å². The highest BCUT2D eigenvalue weighted by Gasteiger charge is 2.24. The summed E-state index contributed by atoms with van der Waals surface area (Å²) < 4.78 is 26.4. The third-order valence-corrected chi connectivity index (χ3v) is 3.28. The van der Waals surface area contributed by atoms with Crippen LogP contribution in [0.5, 0.6) is 0 Å². The van der Waals surface area contributed by atoms with Crippen molar-refractivity contribution in [1.82, 2.24) is 10.6 Å². The van der Waals surface area contributed by atoms with Gasteiger partial charge in [-0.2, -0.15) is 0 Å². The number of carbonyl (C=O) groups excluding carboxylic acids is 2. The van der Waals surface area contributed by atoms with Crippen LogP contribution in [0.1, 0.15) is 31.4 Å². The van der Waals surface area contributed by atoms with Crippen molar-refractivity contribution in [2.75, 3.05) is 6.54 Å². The average molecular weight is 298 g/mol. The molecule has 4 N–H and O–H groups in total. The maximum atomic E-state index is 13.6. The molecule has 2 rings (SSSR count). The lowest BCUT2D eigenvalue weighted by atomic mass is 10.1. The quantitative estimate of drug-likeness (QED) is 0.744. The molecule has 21 heavy (non-hydrogen) atoms. The van der Waals surface area contributed by atoms with E-state index < -0.39 is 23.6 Å². The van der Waals surface area contributed by atoms with Crippen molar-refractivity contribution in [3.05, 3.63) is 35.4 Å². The van der Waals surface area contributed by atoms with Crippen LogP contribution in [0.3, 0.4) is 0 Å². The first-order valence-corrected chi connectivity index (χ1v) is 6.84. The second-order valence-electron chi connectivity index (χ2n) is 5.19. The lowest BCUT2D eigenvalue weighted by molar-refractivity contribution is -0.682. The Morgan fingerprint density at radius 2 is 2.10 bits per heavy atom. The van der Waals surface area contributed by atoms with E-state index in [1.54, 1.807) is 12.2 Å². The zero-order valence-corrected chi connectivity index (χ0v) is 11.7. The molecule has 0 aromatic heterocycles. The van der Waals surface area contributed by atoms with E-state index in [4.69, 9.17) is 0 Å². The van der Waals surface area contributed by atoms with Gasteiger partial charge in [0.15, 0.2) is 6.54 Å². The van der Waals surface area contributed by atoms with E-state index >= 15 is 0 Å². The van der Waals surface area contributed by atoms with Crippen molar-refractivity contribution in [1.29, 1.82) is 0 Å². The molecule has 114 valence electrons. The van der Waals surface area contributed by atoms with E-state index in [-0.39, 0.29) is 18.6 Å². The van der Waals surface area contributed by atoms with Gasteiger partial charge in [-0.05, 0) is 31.9 Å². The lowest BCUT2D eigenvalue weighted by Crippen LogP contribution is -2.87. The van der Waals surface area contributed by atoms with Crippen LogP contribution in [-0.4, -0.2) is 24.5 Å². The van der Waals surface area contributed by atoms with E-state index in [1.165, 1.54) is 12.1 Å². The third-order valence-electron chi connectivity index (χ3n) is 3.28. The number of nitrogens with two attached hydrogens (primary N) is 1. The summed E-state index contributed by atoms with van der Waals surface area (Å²) in [5.74, 6) is -1.74. The Hall–Kier alpha value is -2.02. The largest absolute Gasteiger partial charge is 0.335 e. The van der Waals surface area contributed by atoms with E-state index in [1.807, 2.05) is 0 Å². The molecular formula is C14H18F2N3O2+. The summed E-state index contributed by atoms with van der Waals surface area (Å²) in [6.07, 6.45) is 1.88. The van der Waals surface area contributed by atoms with Crippen LogP contribution in [0.2, 0.25) is 0 Å². The molecule has 3 amide bonds. The first kappa shape index (κ1) is 15.4. The Morgan fingerprint density at radius 3 is 2.71 bits per heavy atom. The van der Waals surface area contributed by atoms with Crippen molar-refractivity contribution in [3.63, 3.8) is 0 Å². The molecular weight excluding hydrogens is 280 g/mol. The molecule has 7 heteroatoms. The number of imide groups is 1. The summed E-state index contributed by atoms with van der Waals surface area (Å²) in [5, 5.41) is 6.42. The van der Waals surface area contributed by atoms with Gasteiger partial charge in [0.2, 0.25) is 0 Å². The summed E-state index contributed by atoms with van der Waals surface area (Å²) in [6.45, 7) is 1.68. The normalized spacial score (nSPS) is 15.4. The first-order valence-electron chi connectivity index (χ1n) is 6.84. The Kier molecular flexibility index (Phi) is 4.85. The lowest BCUT2D eigenvalue weighted by Gasteiger charge is -2.12. The van der Waals surface area contributed by atoms with Crippen molar-refractivity contribution < 1.29 is 23.7 Å². The van der Waals surface area contributed by atoms with Gasteiger partial charge >= 0.3 is 6.03 Å². The van der Waals surface area contributed by atoms with Crippen LogP contribution >= 0.6 is 0 Å². The SMILES string of the molecule is C[C@@H]([NH2+]CC(=O)NC(=O)NC1CC1)c1ccc(F)cc1F. The topological polar surface area (TPSA) is 74.8 Å². The number of carbonyl (C=O) groups is 2. The summed E-state index contributed by atoms with van der Waals surface area (Å²) in [7, 11) is 0. The predicted molar refractivity (Wildman–Crippen MR) is 71.3 cm³/mol. The number of hydrogen-bond acceptors (Lipinski definition) is 2. The van der Waals surface area contributed by atoms with Crippen molar-refractivity contribution in [2.24, 2.45) is 0 Å². The second kappa shape index (κ2) is 6.62. The molecule has 0 bridgehead atoms. The highest BCUT2D eigenvalue weighted by atomic mass is 19.1. The van der Waals surface area contributed by atoms with Crippen LogP contribution in [0.25, 0.3) is 0 Å². The summed E-state index contributed by atoms with van der Waals surface area (Å²) >= 11 is 0. The number of halogens is 2. The van der Waals surface area contributed by atoms with Crippen molar-refractivity contribution in [2.45, 2.75) is 31.8 Å². The zero-order chi connectivity index (χ0) is 15.4. The first-order chi connectivity index (χ1) is 9.95. The van der Waals surface area contributed by atoms with Gasteiger partial charge < -0.3 is 10.6 Å². The average Bonchev–Trinajstić information content (AvgIpc) is 3.19. The van der Waals surface area contributed by atoms with Gasteiger partial charge in [0.25, 0.3) is 5.91 Å². The van der Waals surface area contributed by atoms with Gasteiger partial charge in [-0.1, -0.05) is 0 Å². The molecule has 1 fully saturated rings. The molecule has 1 atom stereocenters. The van der Waals surface area contributed by atoms with Crippen LogP contribution in [0, 0.1) is 11.6 Å². The minimum Gasteiger partial charge on any atom is -0.335 e. The number of hydrogen-bond donors (Lipinski definition) is 3. The Labute approximate surface area is 121 Å². The summed E-state index contributed by atoms with van der Waals surface area (Å²) in [4.78, 5) is 22.9. The molecule has 1 aliphatic rings. The van der Waals surface area contributed by atoms with Gasteiger partial charge in [-0.3, -0.25) is 10.1 Å². The molecule has 0 saturated heterocycles. The maximum absolute atomic E-state index is 13.6. The number of urea groups is 1. The van der Waals surface area contributed by atoms with Gasteiger partial charge in [-0.15, -0.1) is 0 Å². The molecule has 1 saturated carbocycles. The minimum absolute atomic E-state index is 0.0178. The minimum atomic E-state index is -0.648. The zero-order valence-electron chi connectivity index (χ0n) is 11.7. The van der Waals surface area contributed by atoms with Crippen molar-refractivity contribution in [3.8, 4) is 0 Å². The van der Waals surface area contributed by atoms with Crippen molar-refractivity contribution >= 4 is 11.9 Å². The molecule has 1 aromatic rings. The molecule has 0 spiro atoms. The smallest absolute Gasteiger partial charge is 0.321 e. The summed E-state index contributed by atoms with van der Waals surface area (Å²) in [6, 6.07) is 2.64. The highest BCUT2D eigenvalue weighted by molar-refractivity contribution is 5.94. The molecule has 1 aromatic carbocycles. The number of quaternary nitrogens is 1. The number of benzene rings is 1. The Balaban J connectivity index is 1.78. The Bertz CT molecular complexity index is 547. The second-order valence-corrected chi connectivity index (χ2v) is 5.19. The molecule has 1 aliphatic carbocycles. The van der Waals surface area contributed by atoms with Crippen LogP contribution < -0.4 is 16.0 Å². The van der Waals surface area contributed by atoms with E-state index in [0.29, 0.717) is 5.56 Å². The fourth-order valence-electron chi connectivity index (χ4n) is 1.91. The highest BCUT2D eigenvalue weighted by Crippen LogP contribution is 2.18. The molecule has 5 nitrogen and oxygen atoms in total. The molecule has 0 heterocycles. The monoisotopic (exact) mass is 298 g/mol. The third kappa shape index (κ3) is 4.78. The number of rotatable bonds is 5. The van der Waals surface area contributed by atoms with Gasteiger partial charge in [0, 0.05) is 17.7 Å². The van der Waals surface area contributed by atoms with Gasteiger partial charge in [-0.25, -0.2) is 13.6 Å². The fourth-order valence-corrected chi connectivity index (χ4v) is 1.91. The van der Waals surface area contributed by atoms with Crippen LogP contribution in [0.15, 0.2) is 18.2 Å². The van der Waals surface area contributed by atoms with Crippen LogP contribution in [0.4, 0.5) is 13.6 Å². The number of nitrogens with one attached hydrogen (secondary N) is 2. The van der Waals surface area contributed by atoms with Crippen LogP contribution in [-0.2, 0) is 4.79 Å². The molecule has 0 aliphatic heterocycles. The number of amides is 3. The fraction of sp³-hybridized carbons (Fsp3) is 0.429. The maximum Gasteiger partial charge on any atom is 0.321 e. The Morgan fingerprint density at radius 1 is 1.38 bits per heavy atom. The predicted octanol–water partition coefficient (Wildman–Crippen LogP) is 0.577. The van der Waals surface area contributed by atoms with E-state index in [9.17, 15) is 18.4 Å². The summed E-state index contributed by atoms with van der Waals surface area (Å²) in [5.41, 5.74) is 0.312. The van der Waals surface area contributed by atoms with Gasteiger partial charge in [0.1, 0.15) is 17.7 Å². The van der Waals surface area contributed by atoms with E-state index in [0.717, 1.165) is 18.9 Å². The van der Waals surface area contributed by atoms with E-state index in [2.05, 4.69) is 10.6 Å². The molecule has 0 radical (unpaired) electrons.